The third-order valence-electron chi connectivity index (χ3n) is 6.44. The quantitative estimate of drug-likeness (QED) is 0.267. The van der Waals surface area contributed by atoms with Gasteiger partial charge in [0.1, 0.15) is 17.3 Å². The van der Waals surface area contributed by atoms with Crippen LogP contribution in [0.2, 0.25) is 0 Å². The molecule has 1 N–H and O–H groups in total. The summed E-state index contributed by atoms with van der Waals surface area (Å²) in [6, 6.07) is 21.4. The van der Waals surface area contributed by atoms with Gasteiger partial charge in [-0.2, -0.15) is 0 Å². The minimum absolute atomic E-state index is 0.00453. The van der Waals surface area contributed by atoms with Gasteiger partial charge < -0.3 is 5.11 Å². The van der Waals surface area contributed by atoms with E-state index in [4.69, 9.17) is 0 Å². The zero-order chi connectivity index (χ0) is 25.6. The van der Waals surface area contributed by atoms with E-state index in [1.807, 2.05) is 6.07 Å². The zero-order valence-electron chi connectivity index (χ0n) is 19.6. The maximum atomic E-state index is 13.8. The molecule has 4 aromatic rings. The molecule has 7 nitrogen and oxygen atoms in total. The Hall–Kier alpha value is -4.72. The summed E-state index contributed by atoms with van der Waals surface area (Å²) >= 11 is 0. The summed E-state index contributed by atoms with van der Waals surface area (Å²) in [5, 5.41) is 11.2. The van der Waals surface area contributed by atoms with Crippen LogP contribution < -0.4 is 10.5 Å². The van der Waals surface area contributed by atoms with Gasteiger partial charge in [0.25, 0.3) is 17.2 Å². The number of aliphatic hydroxyl groups is 1. The number of para-hydroxylation sites is 1. The summed E-state index contributed by atoms with van der Waals surface area (Å²) in [7, 11) is 1.68. The molecular weight excluding hydrogens is 461 g/mol. The van der Waals surface area contributed by atoms with Gasteiger partial charge in [-0.3, -0.25) is 24.0 Å². The van der Waals surface area contributed by atoms with Gasteiger partial charge in [0.05, 0.1) is 23.0 Å². The summed E-state index contributed by atoms with van der Waals surface area (Å²) in [5.41, 5.74) is 1.07. The number of carbonyl (C=O) groups excluding carboxylic acids is 2. The predicted molar refractivity (Wildman–Crippen MR) is 133 cm³/mol. The number of nitrogens with zero attached hydrogens (tertiary/aromatic N) is 3. The van der Waals surface area contributed by atoms with E-state index in [0.717, 1.165) is 4.90 Å². The van der Waals surface area contributed by atoms with Crippen LogP contribution in [0.4, 0.5) is 10.1 Å². The van der Waals surface area contributed by atoms with E-state index in [-0.39, 0.29) is 17.0 Å². The van der Waals surface area contributed by atoms with Crippen molar-refractivity contribution in [3.63, 3.8) is 0 Å². The third kappa shape index (κ3) is 3.54. The molecule has 0 radical (unpaired) electrons. The number of carbonyl (C=O) groups is 2. The van der Waals surface area contributed by atoms with E-state index in [2.05, 4.69) is 0 Å². The van der Waals surface area contributed by atoms with Gasteiger partial charge in [-0.15, -0.1) is 0 Å². The lowest BCUT2D eigenvalue weighted by Gasteiger charge is -2.24. The monoisotopic (exact) mass is 483 g/mol. The minimum atomic E-state index is -1.14. The van der Waals surface area contributed by atoms with Crippen LogP contribution in [0.25, 0.3) is 11.4 Å². The molecule has 180 valence electrons. The van der Waals surface area contributed by atoms with Crippen molar-refractivity contribution in [2.75, 3.05) is 4.90 Å². The molecule has 3 aromatic carbocycles. The fraction of sp³-hybridized carbons (Fsp3) is 0.107. The van der Waals surface area contributed by atoms with Crippen molar-refractivity contribution in [2.24, 2.45) is 7.05 Å². The Bertz CT molecular complexity index is 1570. The molecule has 0 spiro atoms. The summed E-state index contributed by atoms with van der Waals surface area (Å²) in [6.45, 7) is 1.68. The van der Waals surface area contributed by atoms with E-state index < -0.39 is 29.1 Å². The molecule has 1 fully saturated rings. The molecule has 1 aliphatic rings. The Morgan fingerprint density at radius 3 is 2.06 bits per heavy atom. The summed E-state index contributed by atoms with van der Waals surface area (Å²) in [5.74, 6) is -2.75. The van der Waals surface area contributed by atoms with E-state index in [1.165, 1.54) is 28.9 Å². The van der Waals surface area contributed by atoms with Crippen molar-refractivity contribution in [1.29, 1.82) is 0 Å². The van der Waals surface area contributed by atoms with Gasteiger partial charge in [-0.1, -0.05) is 60.7 Å². The lowest BCUT2D eigenvalue weighted by Crippen LogP contribution is -2.34. The number of amides is 1. The molecule has 36 heavy (non-hydrogen) atoms. The average Bonchev–Trinajstić information content (AvgIpc) is 3.28. The average molecular weight is 483 g/mol. The molecule has 0 unspecified atom stereocenters. The van der Waals surface area contributed by atoms with E-state index >= 15 is 0 Å². The molecule has 2 heterocycles. The molecule has 1 aliphatic heterocycles. The number of rotatable bonds is 4. The molecule has 1 atom stereocenters. The summed E-state index contributed by atoms with van der Waals surface area (Å²) in [4.78, 5) is 41.6. The van der Waals surface area contributed by atoms with E-state index in [1.54, 1.807) is 73.3 Å². The Kier molecular flexibility index (Phi) is 5.64. The van der Waals surface area contributed by atoms with Crippen molar-refractivity contribution in [1.82, 2.24) is 9.36 Å². The topological polar surface area (TPSA) is 84.5 Å². The van der Waals surface area contributed by atoms with Crippen molar-refractivity contribution in [3.05, 3.63) is 123 Å². The standard InChI is InChI=1S/C28H22FN3O4/c1-17-23(27(35)32(30(17)2)21-11-7-4-8-12-21)31-24(18-13-15-20(29)16-14-18)22(26(34)28(31)36)25(33)19-9-5-3-6-10-19/h3-16,24,33H,1-2H3/b25-22+/t24-/m0/s1. The smallest absolute Gasteiger partial charge is 0.300 e. The van der Waals surface area contributed by atoms with E-state index in [9.17, 15) is 23.9 Å². The predicted octanol–water partition coefficient (Wildman–Crippen LogP) is 4.25. The van der Waals surface area contributed by atoms with E-state index in [0.29, 0.717) is 22.5 Å². The molecule has 1 amide bonds. The Morgan fingerprint density at radius 2 is 1.44 bits per heavy atom. The molecule has 0 saturated carbocycles. The molecule has 1 aromatic heterocycles. The van der Waals surface area contributed by atoms with Gasteiger partial charge in [0, 0.05) is 12.6 Å². The number of halogens is 1. The van der Waals surface area contributed by atoms with Crippen LogP contribution in [0, 0.1) is 12.7 Å². The van der Waals surface area contributed by atoms with Crippen LogP contribution in [0.3, 0.4) is 0 Å². The number of hydrogen-bond acceptors (Lipinski definition) is 4. The molecular formula is C28H22FN3O4. The molecule has 5 rings (SSSR count). The maximum absolute atomic E-state index is 13.8. The van der Waals surface area contributed by atoms with Crippen molar-refractivity contribution in [2.45, 2.75) is 13.0 Å². The normalized spacial score (nSPS) is 17.1. The number of aromatic nitrogens is 2. The number of anilines is 1. The SMILES string of the molecule is Cc1c(N2C(=O)C(=O)/C(=C(/O)c3ccccc3)[C@@H]2c2ccc(F)cc2)c(=O)n(-c2ccccc2)n1C. The van der Waals surface area contributed by atoms with Crippen LogP contribution >= 0.6 is 0 Å². The fourth-order valence-electron chi connectivity index (χ4n) is 4.61. The highest BCUT2D eigenvalue weighted by molar-refractivity contribution is 6.51. The summed E-state index contributed by atoms with van der Waals surface area (Å²) in [6.07, 6.45) is 0. The van der Waals surface area contributed by atoms with Gasteiger partial charge in [0.2, 0.25) is 0 Å². The second-order valence-corrected chi connectivity index (χ2v) is 8.50. The first kappa shape index (κ1) is 23.0. The van der Waals surface area contributed by atoms with Crippen LogP contribution in [0.1, 0.15) is 22.9 Å². The lowest BCUT2D eigenvalue weighted by molar-refractivity contribution is -0.132. The summed E-state index contributed by atoms with van der Waals surface area (Å²) < 4.78 is 16.8. The van der Waals surface area contributed by atoms with Crippen LogP contribution in [0.15, 0.2) is 95.3 Å². The number of Topliss-reactive ketones (excluding diaryl/α,β-unsaturated/α-hetero) is 1. The minimum Gasteiger partial charge on any atom is -0.507 e. The molecule has 1 saturated heterocycles. The third-order valence-corrected chi connectivity index (χ3v) is 6.44. The number of aliphatic hydroxyl groups excluding tert-OH is 1. The van der Waals surface area contributed by atoms with Crippen molar-refractivity contribution < 1.29 is 19.1 Å². The lowest BCUT2D eigenvalue weighted by atomic mass is 9.95. The number of benzene rings is 3. The molecule has 8 heteroatoms. The fourth-order valence-corrected chi connectivity index (χ4v) is 4.61. The van der Waals surface area contributed by atoms with Crippen LogP contribution in [-0.2, 0) is 16.6 Å². The first-order valence-electron chi connectivity index (χ1n) is 11.3. The zero-order valence-corrected chi connectivity index (χ0v) is 19.6. The van der Waals surface area contributed by atoms with Gasteiger partial charge in [-0.05, 0) is 36.8 Å². The largest absolute Gasteiger partial charge is 0.507 e. The molecule has 0 aliphatic carbocycles. The van der Waals surface area contributed by atoms with Crippen molar-refractivity contribution >= 4 is 23.1 Å². The van der Waals surface area contributed by atoms with Crippen LogP contribution in [0.5, 0.6) is 0 Å². The molecule has 0 bridgehead atoms. The van der Waals surface area contributed by atoms with Gasteiger partial charge in [-0.25, -0.2) is 9.07 Å². The van der Waals surface area contributed by atoms with Crippen LogP contribution in [-0.4, -0.2) is 26.2 Å². The second-order valence-electron chi connectivity index (χ2n) is 8.50. The highest BCUT2D eigenvalue weighted by atomic mass is 19.1. The van der Waals surface area contributed by atoms with Gasteiger partial charge in [0.15, 0.2) is 0 Å². The Balaban J connectivity index is 1.78. The Labute approximate surface area is 205 Å². The first-order chi connectivity index (χ1) is 17.3. The number of ketones is 1. The first-order valence-corrected chi connectivity index (χ1v) is 11.3. The maximum Gasteiger partial charge on any atom is 0.300 e. The highest BCUT2D eigenvalue weighted by Crippen LogP contribution is 2.42. The number of hydrogen-bond donors (Lipinski definition) is 1. The second kappa shape index (κ2) is 8.81. The highest BCUT2D eigenvalue weighted by Gasteiger charge is 2.49. The van der Waals surface area contributed by atoms with Crippen molar-refractivity contribution in [3.8, 4) is 5.69 Å². The van der Waals surface area contributed by atoms with Gasteiger partial charge >= 0.3 is 0 Å². The Morgan fingerprint density at radius 1 is 0.861 bits per heavy atom.